The maximum absolute atomic E-state index is 14.3. The molecule has 6 rings (SSSR count). The van der Waals surface area contributed by atoms with Crippen molar-refractivity contribution >= 4 is 70.6 Å². The number of aliphatic hydroxyl groups excluding tert-OH is 1. The number of ether oxygens (including phenoxy) is 3. The third kappa shape index (κ3) is 16.1. The molecule has 23 heteroatoms. The van der Waals surface area contributed by atoms with Crippen LogP contribution in [0.3, 0.4) is 0 Å². The monoisotopic (exact) mass is 1120 g/mol. The van der Waals surface area contributed by atoms with Gasteiger partial charge in [0, 0.05) is 38.4 Å². The standard InChI is InChI=1S/C55H76ClN9O12S/c1-31(33-16-18-35(19-17-33)46-32(2)58-30-78-46)59-49(70)41-26-38(66)27-64(41)51(72)47(54(3,4)5)62-44(68)15-11-13-34-12-10-14-42(45(34)56)76-29-36(20-23-43(57)67)60-48(69)40-22-21-37-24-25-63(53(74)75-9)28-39(50(71)65(37)40)61-52(73)77-55(6,7)8/h10,12,14,16-19,30-31,36-41,47,66H,11,13,15,20-29H2,1-9H3,(H2,57,67)(H,59,70)(H,60,69)(H,61,73)(H,62,68)/t31-,36-,37+,38+,39-,40-,41-,47+/m0/s1. The third-order valence-corrected chi connectivity index (χ3v) is 15.5. The predicted molar refractivity (Wildman–Crippen MR) is 292 cm³/mol. The zero-order valence-electron chi connectivity index (χ0n) is 46.0. The van der Waals surface area contributed by atoms with Crippen LogP contribution >= 0.6 is 22.9 Å². The minimum Gasteiger partial charge on any atom is -0.490 e. The smallest absolute Gasteiger partial charge is 0.409 e. The molecule has 3 aliphatic rings. The van der Waals surface area contributed by atoms with Gasteiger partial charge < -0.3 is 61.0 Å². The first-order valence-corrected chi connectivity index (χ1v) is 27.7. The largest absolute Gasteiger partial charge is 0.490 e. The van der Waals surface area contributed by atoms with Crippen molar-refractivity contribution in [2.75, 3.05) is 33.4 Å². The lowest BCUT2D eigenvalue weighted by Crippen LogP contribution is -2.61. The summed E-state index contributed by atoms with van der Waals surface area (Å²) in [5.41, 5.74) is 9.17. The van der Waals surface area contributed by atoms with Crippen molar-refractivity contribution < 1.29 is 57.7 Å². The number of hydrogen-bond acceptors (Lipinski definition) is 14. The Balaban J connectivity index is 1.05. The fourth-order valence-corrected chi connectivity index (χ4v) is 11.1. The number of nitrogens with two attached hydrogens (primary N) is 1. The van der Waals surface area contributed by atoms with Crippen molar-refractivity contribution in [2.45, 2.75) is 167 Å². The van der Waals surface area contributed by atoms with Gasteiger partial charge in [-0.05, 0) is 101 Å². The van der Waals surface area contributed by atoms with Crippen LogP contribution in [0.4, 0.5) is 9.59 Å². The number of alkyl carbamates (subject to hydrolysis) is 1. The van der Waals surface area contributed by atoms with Crippen molar-refractivity contribution in [2.24, 2.45) is 11.1 Å². The Bertz CT molecular complexity index is 2660. The van der Waals surface area contributed by atoms with Crippen molar-refractivity contribution in [3.63, 3.8) is 0 Å². The van der Waals surface area contributed by atoms with Gasteiger partial charge in [-0.15, -0.1) is 11.3 Å². The van der Waals surface area contributed by atoms with Crippen LogP contribution in [-0.2, 0) is 44.7 Å². The van der Waals surface area contributed by atoms with Gasteiger partial charge in [-0.25, -0.2) is 14.6 Å². The Morgan fingerprint density at radius 3 is 2.27 bits per heavy atom. The maximum atomic E-state index is 14.3. The van der Waals surface area contributed by atoms with E-state index in [1.165, 1.54) is 21.8 Å². The topological polar surface area (TPSA) is 281 Å². The number of halogens is 1. The number of rotatable bonds is 19. The second-order valence-corrected chi connectivity index (χ2v) is 23.6. The number of aryl methyl sites for hydroxylation is 2. The molecule has 0 spiro atoms. The van der Waals surface area contributed by atoms with Crippen LogP contribution in [0.5, 0.6) is 5.75 Å². The molecular weight excluding hydrogens is 1050 g/mol. The predicted octanol–water partition coefficient (Wildman–Crippen LogP) is 5.32. The van der Waals surface area contributed by atoms with E-state index in [0.717, 1.165) is 21.7 Å². The summed E-state index contributed by atoms with van der Waals surface area (Å²) >= 11 is 8.44. The second kappa shape index (κ2) is 26.4. The highest BCUT2D eigenvalue weighted by molar-refractivity contribution is 7.13. The van der Waals surface area contributed by atoms with Gasteiger partial charge in [-0.1, -0.05) is 68.8 Å². The Morgan fingerprint density at radius 2 is 1.63 bits per heavy atom. The van der Waals surface area contributed by atoms with Gasteiger partial charge in [0.15, 0.2) is 0 Å². The summed E-state index contributed by atoms with van der Waals surface area (Å²) in [7, 11) is 1.22. The molecule has 3 saturated heterocycles. The molecular formula is C55H76ClN9O12S. The van der Waals surface area contributed by atoms with Crippen molar-refractivity contribution in [3.8, 4) is 16.2 Å². The van der Waals surface area contributed by atoms with E-state index in [2.05, 4.69) is 26.3 Å². The number of β-amino-alcohol motifs (C(OH)–C–C–N with tert-alkyl or cyclic N) is 1. The van der Waals surface area contributed by atoms with Gasteiger partial charge in [0.1, 0.15) is 42.1 Å². The number of amides is 8. The number of nitrogens with zero attached hydrogens (tertiary/aromatic N) is 4. The van der Waals surface area contributed by atoms with E-state index >= 15 is 0 Å². The number of aromatic nitrogens is 1. The molecule has 4 heterocycles. The summed E-state index contributed by atoms with van der Waals surface area (Å²) in [6.07, 6.45) is -0.629. The summed E-state index contributed by atoms with van der Waals surface area (Å²) in [5.74, 6) is -2.68. The molecule has 3 fully saturated rings. The minimum atomic E-state index is -1.26. The van der Waals surface area contributed by atoms with Crippen LogP contribution in [0, 0.1) is 12.3 Å². The number of hydrogen-bond donors (Lipinski definition) is 6. The molecule has 0 radical (unpaired) electrons. The summed E-state index contributed by atoms with van der Waals surface area (Å²) < 4.78 is 16.5. The van der Waals surface area contributed by atoms with Gasteiger partial charge in [0.2, 0.25) is 35.4 Å². The molecule has 2 aromatic carbocycles. The van der Waals surface area contributed by atoms with E-state index in [1.807, 2.05) is 58.9 Å². The van der Waals surface area contributed by atoms with Crippen LogP contribution in [-0.4, -0.2) is 154 Å². The van der Waals surface area contributed by atoms with Gasteiger partial charge in [-0.3, -0.25) is 28.8 Å². The summed E-state index contributed by atoms with van der Waals surface area (Å²) in [4.78, 5) is 117. The Labute approximate surface area is 465 Å². The van der Waals surface area contributed by atoms with E-state index in [-0.39, 0.29) is 69.1 Å². The van der Waals surface area contributed by atoms with Crippen molar-refractivity contribution in [3.05, 3.63) is 69.8 Å². The molecule has 8 amide bonds. The lowest BCUT2D eigenvalue weighted by Gasteiger charge is -2.38. The lowest BCUT2D eigenvalue weighted by molar-refractivity contribution is -0.144. The Morgan fingerprint density at radius 1 is 0.923 bits per heavy atom. The third-order valence-electron chi connectivity index (χ3n) is 14.1. The summed E-state index contributed by atoms with van der Waals surface area (Å²) in [6.45, 7) is 14.1. The molecule has 0 bridgehead atoms. The molecule has 0 unspecified atom stereocenters. The van der Waals surface area contributed by atoms with Crippen LogP contribution < -0.4 is 31.7 Å². The number of likely N-dealkylation sites (tertiary alicyclic amines) is 1. The number of carbonyl (C=O) groups is 8. The summed E-state index contributed by atoms with van der Waals surface area (Å²) in [6, 6.07) is 7.23. The number of benzene rings is 2. The SMILES string of the molecule is COC(=O)N1CC[C@H]2CC[C@@H](C(=O)N[C@@H](CCC(N)=O)COc3cccc(CCCC(=O)N[C@H](C(=O)N4C[C@H](O)C[C@H]4C(=O)N[C@@H](C)c4ccc(-c5scnc5C)cc4)C(C)(C)C)c3Cl)N2C(=O)[C@@H](NC(=O)OC(C)(C)C)C1. The highest BCUT2D eigenvalue weighted by Gasteiger charge is 2.47. The molecule has 21 nitrogen and oxygen atoms in total. The molecule has 3 aromatic rings. The number of methoxy groups -OCH3 is 1. The molecule has 8 atom stereocenters. The van der Waals surface area contributed by atoms with Crippen LogP contribution in [0.2, 0.25) is 5.02 Å². The quantitative estimate of drug-likeness (QED) is 0.0888. The number of carbonyl (C=O) groups excluding carboxylic acids is 8. The molecule has 3 aliphatic heterocycles. The van der Waals surface area contributed by atoms with Gasteiger partial charge in [-0.2, -0.15) is 0 Å². The molecule has 0 aliphatic carbocycles. The van der Waals surface area contributed by atoms with Gasteiger partial charge in [0.25, 0.3) is 0 Å². The molecule has 0 saturated carbocycles. The van der Waals surface area contributed by atoms with Crippen LogP contribution in [0.1, 0.15) is 123 Å². The second-order valence-electron chi connectivity index (χ2n) is 22.4. The fraction of sp³-hybridized carbons (Fsp3) is 0.582. The maximum Gasteiger partial charge on any atom is 0.409 e. The normalized spacial score (nSPS) is 20.8. The first-order chi connectivity index (χ1) is 36.7. The highest BCUT2D eigenvalue weighted by Crippen LogP contribution is 2.33. The van der Waals surface area contributed by atoms with Crippen LogP contribution in [0.25, 0.3) is 10.4 Å². The van der Waals surface area contributed by atoms with Gasteiger partial charge >= 0.3 is 12.2 Å². The number of nitrogens with one attached hydrogen (secondary N) is 4. The molecule has 426 valence electrons. The van der Waals surface area contributed by atoms with Gasteiger partial charge in [0.05, 0.1) is 52.9 Å². The Kier molecular flexibility index (Phi) is 20.6. The number of aliphatic hydroxyl groups is 1. The minimum absolute atomic E-state index is 0.0246. The van der Waals surface area contributed by atoms with E-state index in [4.69, 9.17) is 31.5 Å². The first-order valence-electron chi connectivity index (χ1n) is 26.5. The average molecular weight is 1120 g/mol. The van der Waals surface area contributed by atoms with E-state index in [9.17, 15) is 43.5 Å². The average Bonchev–Trinajstić information content (AvgIpc) is 4.15. The molecule has 7 N–H and O–H groups in total. The number of primary amides is 1. The van der Waals surface area contributed by atoms with Crippen LogP contribution in [0.15, 0.2) is 48.0 Å². The van der Waals surface area contributed by atoms with E-state index in [1.54, 1.807) is 55.8 Å². The first kappa shape index (κ1) is 60.7. The zero-order chi connectivity index (χ0) is 57.2. The Hall–Kier alpha value is -6.52. The van der Waals surface area contributed by atoms with E-state index < -0.39 is 107 Å². The molecule has 1 aromatic heterocycles. The number of thiazole rings is 1. The zero-order valence-corrected chi connectivity index (χ0v) is 47.6. The number of fused-ring (bicyclic) bond motifs is 1. The lowest BCUT2D eigenvalue weighted by atomic mass is 9.85. The molecule has 78 heavy (non-hydrogen) atoms. The van der Waals surface area contributed by atoms with Crippen molar-refractivity contribution in [1.82, 2.24) is 41.0 Å². The fourth-order valence-electron chi connectivity index (χ4n) is 10.0. The summed E-state index contributed by atoms with van der Waals surface area (Å²) in [5, 5.41) is 22.5. The highest BCUT2D eigenvalue weighted by atomic mass is 35.5. The van der Waals surface area contributed by atoms with Crippen molar-refractivity contribution in [1.29, 1.82) is 0 Å². The van der Waals surface area contributed by atoms with E-state index in [0.29, 0.717) is 31.2 Å².